The molecule has 2 N–H and O–H groups in total. The molecule has 3 heteroatoms. The summed E-state index contributed by atoms with van der Waals surface area (Å²) in [7, 11) is 0. The highest BCUT2D eigenvalue weighted by Gasteiger charge is 2.10. The smallest absolute Gasteiger partial charge is 0.0953 e. The van der Waals surface area contributed by atoms with Gasteiger partial charge < -0.3 is 10.3 Å². The maximum absolute atomic E-state index is 5.68. The minimum absolute atomic E-state index is 0.304. The first-order chi connectivity index (χ1) is 7.72. The molecule has 0 saturated heterocycles. The van der Waals surface area contributed by atoms with E-state index in [2.05, 4.69) is 35.5 Å². The van der Waals surface area contributed by atoms with Gasteiger partial charge in [-0.25, -0.2) is 4.98 Å². The average Bonchev–Trinajstić information content (AvgIpc) is 2.77. The molecule has 0 aliphatic carbocycles. The number of nitrogens with two attached hydrogens (primary N) is 1. The summed E-state index contributed by atoms with van der Waals surface area (Å²) in [5.41, 5.74) is 8.99. The molecule has 1 unspecified atom stereocenters. The fourth-order valence-electron chi connectivity index (χ4n) is 1.89. The van der Waals surface area contributed by atoms with Crippen molar-refractivity contribution < 1.29 is 0 Å². The lowest BCUT2D eigenvalue weighted by Crippen LogP contribution is -2.08. The molecule has 1 atom stereocenters. The van der Waals surface area contributed by atoms with Crippen molar-refractivity contribution in [2.45, 2.75) is 26.3 Å². The number of rotatable bonds is 3. The van der Waals surface area contributed by atoms with Crippen molar-refractivity contribution in [3.63, 3.8) is 0 Å². The maximum atomic E-state index is 5.68. The number of nitrogen functional groups attached to an aromatic ring is 1. The summed E-state index contributed by atoms with van der Waals surface area (Å²) in [6.07, 6.45) is 4.81. The van der Waals surface area contributed by atoms with Gasteiger partial charge >= 0.3 is 0 Å². The lowest BCUT2D eigenvalue weighted by molar-refractivity contribution is 0.612. The average molecular weight is 215 g/mol. The van der Waals surface area contributed by atoms with E-state index < -0.39 is 0 Å². The SMILES string of the molecule is CCc1cncn1C(C)c1ccc(N)cc1. The molecule has 2 rings (SSSR count). The summed E-state index contributed by atoms with van der Waals surface area (Å²) in [5.74, 6) is 0. The molecule has 0 amide bonds. The molecular weight excluding hydrogens is 198 g/mol. The number of aromatic nitrogens is 2. The zero-order chi connectivity index (χ0) is 11.5. The molecule has 0 spiro atoms. The van der Waals surface area contributed by atoms with Crippen LogP contribution in [0, 0.1) is 0 Å². The van der Waals surface area contributed by atoms with Crippen molar-refractivity contribution in [1.82, 2.24) is 9.55 Å². The molecule has 16 heavy (non-hydrogen) atoms. The van der Waals surface area contributed by atoms with Crippen LogP contribution in [0.1, 0.15) is 31.1 Å². The van der Waals surface area contributed by atoms with E-state index in [1.807, 2.05) is 24.7 Å². The summed E-state index contributed by atoms with van der Waals surface area (Å²) >= 11 is 0. The molecule has 84 valence electrons. The highest BCUT2D eigenvalue weighted by Crippen LogP contribution is 2.20. The molecule has 0 radical (unpaired) electrons. The fourth-order valence-corrected chi connectivity index (χ4v) is 1.89. The van der Waals surface area contributed by atoms with Gasteiger partial charge in [-0.3, -0.25) is 0 Å². The van der Waals surface area contributed by atoms with Gasteiger partial charge in [0.2, 0.25) is 0 Å². The van der Waals surface area contributed by atoms with E-state index in [4.69, 9.17) is 5.73 Å². The number of imidazole rings is 1. The van der Waals surface area contributed by atoms with Crippen molar-refractivity contribution in [3.8, 4) is 0 Å². The summed E-state index contributed by atoms with van der Waals surface area (Å²) < 4.78 is 2.20. The van der Waals surface area contributed by atoms with Crippen LogP contribution in [0.4, 0.5) is 5.69 Å². The van der Waals surface area contributed by atoms with Crippen LogP contribution in [0.2, 0.25) is 0 Å². The van der Waals surface area contributed by atoms with Crippen molar-refractivity contribution in [2.75, 3.05) is 5.73 Å². The van der Waals surface area contributed by atoms with Crippen molar-refractivity contribution in [1.29, 1.82) is 0 Å². The molecule has 0 fully saturated rings. The third-order valence-electron chi connectivity index (χ3n) is 2.94. The molecule has 0 bridgehead atoms. The number of nitrogens with zero attached hydrogens (tertiary/aromatic N) is 2. The van der Waals surface area contributed by atoms with Crippen LogP contribution in [0.25, 0.3) is 0 Å². The van der Waals surface area contributed by atoms with Crippen LogP contribution in [-0.2, 0) is 6.42 Å². The molecule has 3 nitrogen and oxygen atoms in total. The quantitative estimate of drug-likeness (QED) is 0.800. The largest absolute Gasteiger partial charge is 0.399 e. The lowest BCUT2D eigenvalue weighted by atomic mass is 10.1. The number of hydrogen-bond donors (Lipinski definition) is 1. The van der Waals surface area contributed by atoms with E-state index in [0.717, 1.165) is 12.1 Å². The second-order valence-corrected chi connectivity index (χ2v) is 3.99. The van der Waals surface area contributed by atoms with E-state index in [0.29, 0.717) is 6.04 Å². The summed E-state index contributed by atoms with van der Waals surface area (Å²) in [5, 5.41) is 0. The Hall–Kier alpha value is -1.77. The molecule has 0 aliphatic rings. The zero-order valence-electron chi connectivity index (χ0n) is 9.72. The minimum atomic E-state index is 0.304. The van der Waals surface area contributed by atoms with Gasteiger partial charge in [0.15, 0.2) is 0 Å². The van der Waals surface area contributed by atoms with Gasteiger partial charge in [0, 0.05) is 17.6 Å². The Kier molecular flexibility index (Phi) is 2.95. The van der Waals surface area contributed by atoms with E-state index in [-0.39, 0.29) is 0 Å². The molecule has 1 aromatic carbocycles. The van der Waals surface area contributed by atoms with Crippen molar-refractivity contribution in [2.24, 2.45) is 0 Å². The van der Waals surface area contributed by atoms with Crippen LogP contribution in [0.5, 0.6) is 0 Å². The predicted octanol–water partition coefficient (Wildman–Crippen LogP) is 2.64. The topological polar surface area (TPSA) is 43.8 Å². The third kappa shape index (κ3) is 1.94. The van der Waals surface area contributed by atoms with Gasteiger partial charge in [0.1, 0.15) is 0 Å². The van der Waals surface area contributed by atoms with Crippen molar-refractivity contribution >= 4 is 5.69 Å². The third-order valence-corrected chi connectivity index (χ3v) is 2.94. The molecular formula is C13H17N3. The Morgan fingerprint density at radius 3 is 2.62 bits per heavy atom. The van der Waals surface area contributed by atoms with Crippen LogP contribution in [0.3, 0.4) is 0 Å². The molecule has 0 aliphatic heterocycles. The molecule has 2 aromatic rings. The number of anilines is 1. The molecule has 1 aromatic heterocycles. The van der Waals surface area contributed by atoms with E-state index in [9.17, 15) is 0 Å². The Balaban J connectivity index is 2.31. The van der Waals surface area contributed by atoms with Crippen LogP contribution >= 0.6 is 0 Å². The van der Waals surface area contributed by atoms with Gasteiger partial charge in [-0.15, -0.1) is 0 Å². The molecule has 1 heterocycles. The zero-order valence-corrected chi connectivity index (χ0v) is 9.72. The van der Waals surface area contributed by atoms with Gasteiger partial charge in [0.25, 0.3) is 0 Å². The Labute approximate surface area is 95.9 Å². The van der Waals surface area contributed by atoms with Crippen LogP contribution in [0.15, 0.2) is 36.8 Å². The first kappa shape index (κ1) is 10.7. The van der Waals surface area contributed by atoms with Crippen LogP contribution in [-0.4, -0.2) is 9.55 Å². The van der Waals surface area contributed by atoms with Crippen molar-refractivity contribution in [3.05, 3.63) is 48.0 Å². The standard InChI is InChI=1S/C13H17N3/c1-3-13-8-15-9-16(13)10(2)11-4-6-12(14)7-5-11/h4-10H,3,14H2,1-2H3. The van der Waals surface area contributed by atoms with Crippen LogP contribution < -0.4 is 5.73 Å². The van der Waals surface area contributed by atoms with E-state index in [1.54, 1.807) is 0 Å². The Morgan fingerprint density at radius 2 is 2.00 bits per heavy atom. The van der Waals surface area contributed by atoms with E-state index >= 15 is 0 Å². The normalized spacial score (nSPS) is 12.6. The Morgan fingerprint density at radius 1 is 1.31 bits per heavy atom. The summed E-state index contributed by atoms with van der Waals surface area (Å²) in [6, 6.07) is 8.32. The number of benzene rings is 1. The lowest BCUT2D eigenvalue weighted by Gasteiger charge is -2.16. The number of hydrogen-bond acceptors (Lipinski definition) is 2. The van der Waals surface area contributed by atoms with Gasteiger partial charge in [0.05, 0.1) is 12.4 Å². The highest BCUT2D eigenvalue weighted by molar-refractivity contribution is 5.40. The highest BCUT2D eigenvalue weighted by atomic mass is 15.1. The second kappa shape index (κ2) is 4.39. The predicted molar refractivity (Wildman–Crippen MR) is 66.3 cm³/mol. The second-order valence-electron chi connectivity index (χ2n) is 3.99. The van der Waals surface area contributed by atoms with E-state index in [1.165, 1.54) is 11.3 Å². The maximum Gasteiger partial charge on any atom is 0.0953 e. The fraction of sp³-hybridized carbons (Fsp3) is 0.308. The van der Waals surface area contributed by atoms with Gasteiger partial charge in [-0.1, -0.05) is 19.1 Å². The molecule has 0 saturated carbocycles. The number of aryl methyl sites for hydroxylation is 1. The first-order valence-corrected chi connectivity index (χ1v) is 5.58. The minimum Gasteiger partial charge on any atom is -0.399 e. The van der Waals surface area contributed by atoms with Gasteiger partial charge in [-0.2, -0.15) is 0 Å². The van der Waals surface area contributed by atoms with Gasteiger partial charge in [-0.05, 0) is 31.0 Å². The summed E-state index contributed by atoms with van der Waals surface area (Å²) in [6.45, 7) is 4.32. The monoisotopic (exact) mass is 215 g/mol. The first-order valence-electron chi connectivity index (χ1n) is 5.58. The Bertz CT molecular complexity index is 456. The summed E-state index contributed by atoms with van der Waals surface area (Å²) in [4.78, 5) is 4.20.